The monoisotopic (exact) mass is 1520 g/mol. The average Bonchev–Trinajstić information content (AvgIpc) is 1.73. The lowest BCUT2D eigenvalue weighted by Crippen LogP contribution is -2.52. The number of esters is 5. The lowest BCUT2D eigenvalue weighted by molar-refractivity contribution is -0.319. The molecule has 608 valence electrons. The van der Waals surface area contributed by atoms with Crippen molar-refractivity contribution in [2.24, 2.45) is 0 Å². The van der Waals surface area contributed by atoms with Crippen LogP contribution < -0.4 is 0 Å². The van der Waals surface area contributed by atoms with Crippen molar-refractivity contribution >= 4 is 35.6 Å². The Morgan fingerprint density at radius 3 is 0.676 bits per heavy atom. The maximum Gasteiger partial charge on any atom is 0.313 e. The second kappa shape index (κ2) is 41.9. The molecule has 22 atom stereocenters. The summed E-state index contributed by atoms with van der Waals surface area (Å²) in [5, 5.41) is 58.0. The van der Waals surface area contributed by atoms with Crippen LogP contribution in [0.3, 0.4) is 0 Å². The zero-order chi connectivity index (χ0) is 77.5. The second-order valence-electron chi connectivity index (χ2n) is 27.4. The van der Waals surface area contributed by atoms with Crippen molar-refractivity contribution in [1.29, 1.82) is 0 Å². The molecule has 12 rings (SSSR count). The molecule has 105 heavy (non-hydrogen) atoms. The third-order valence-corrected chi connectivity index (χ3v) is 18.8. The summed E-state index contributed by atoms with van der Waals surface area (Å²) in [5.41, 5.74) is 0. The number of carbonyl (C=O) groups is 6. The molecule has 0 bridgehead atoms. The Morgan fingerprint density at radius 1 is 0.295 bits per heavy atom. The number of aliphatic hydroxyl groups excluding tert-OH is 6. The van der Waals surface area contributed by atoms with E-state index in [1.807, 2.05) is 27.7 Å². The highest BCUT2D eigenvalue weighted by Crippen LogP contribution is 2.39. The molecule has 0 amide bonds. The van der Waals surface area contributed by atoms with Crippen molar-refractivity contribution in [2.45, 2.75) is 299 Å². The molecular formula is C70H118O35. The molecule has 12 heterocycles. The zero-order valence-electron chi connectivity index (χ0n) is 63.3. The van der Waals surface area contributed by atoms with Gasteiger partial charge in [-0.15, -0.1) is 0 Å². The standard InChI is InChI=1S/4C11H18O6.2C10H18O4.C6H10O3/c4*1-3-14-9(13)4-11(2)16-6-8-10(17-11)7(12)5-15-8;2*1-3-10(4-2)13-6-8-9(14-10)7(11)5-12-8;1-3-9-6(8)4-5(2)7/h4*7-8,10,12H,3-6H2,1-2H3;2*7-9,11H,3-6H2,1-2H3;3-4H2,1-2H3/t2*7-,8+,10+,11+;2*7-,8+,10+,11-;2*7-,8+,9+;/m101010./s1. The predicted molar refractivity (Wildman–Crippen MR) is 357 cm³/mol. The normalized spacial score (nSPS) is 38.2. The number of hydrogen-bond donors (Lipinski definition) is 6. The van der Waals surface area contributed by atoms with Gasteiger partial charge in [-0.1, -0.05) is 27.7 Å². The fraction of sp³-hybridized carbons (Fsp3) is 0.914. The second-order valence-corrected chi connectivity index (χ2v) is 27.4. The Bertz CT molecular complexity index is 2390. The van der Waals surface area contributed by atoms with Crippen molar-refractivity contribution in [3.05, 3.63) is 0 Å². The molecule has 0 aromatic heterocycles. The van der Waals surface area contributed by atoms with Gasteiger partial charge in [-0.05, 0) is 94.9 Å². The fourth-order valence-corrected chi connectivity index (χ4v) is 13.0. The minimum absolute atomic E-state index is 0.0107. The Balaban J connectivity index is 0.000000193. The molecule has 35 nitrogen and oxygen atoms in total. The van der Waals surface area contributed by atoms with Gasteiger partial charge in [0.05, 0.1) is 138 Å². The van der Waals surface area contributed by atoms with E-state index >= 15 is 0 Å². The lowest BCUT2D eigenvalue weighted by atomic mass is 10.1. The molecule has 0 aromatic rings. The first-order chi connectivity index (χ1) is 49.7. The Hall–Kier alpha value is -3.94. The topological polar surface area (TPSA) is 436 Å². The van der Waals surface area contributed by atoms with E-state index in [0.29, 0.717) is 85.9 Å². The summed E-state index contributed by atoms with van der Waals surface area (Å²) < 4.78 is 123. The molecule has 0 aromatic carbocycles. The van der Waals surface area contributed by atoms with Gasteiger partial charge in [-0.2, -0.15) is 0 Å². The first-order valence-electron chi connectivity index (χ1n) is 36.7. The van der Waals surface area contributed by atoms with Gasteiger partial charge in [-0.25, -0.2) is 0 Å². The van der Waals surface area contributed by atoms with Crippen LogP contribution >= 0.6 is 0 Å². The molecule has 0 radical (unpaired) electrons. The number of aliphatic hydroxyl groups is 6. The van der Waals surface area contributed by atoms with Crippen molar-refractivity contribution in [2.75, 3.05) is 112 Å². The van der Waals surface area contributed by atoms with Crippen LogP contribution in [0.5, 0.6) is 0 Å². The largest absolute Gasteiger partial charge is 0.466 e. The molecule has 12 aliphatic rings. The molecule has 0 unspecified atom stereocenters. The van der Waals surface area contributed by atoms with Crippen molar-refractivity contribution in [3.8, 4) is 0 Å². The van der Waals surface area contributed by atoms with Gasteiger partial charge in [0.25, 0.3) is 0 Å². The molecule has 0 saturated carbocycles. The summed E-state index contributed by atoms with van der Waals surface area (Å²) in [6.45, 7) is 30.5. The van der Waals surface area contributed by atoms with E-state index in [2.05, 4.69) is 4.74 Å². The number of rotatable bonds is 19. The highest BCUT2D eigenvalue weighted by Gasteiger charge is 2.54. The molecule has 35 heteroatoms. The first kappa shape index (κ1) is 89.9. The van der Waals surface area contributed by atoms with Crippen LogP contribution in [0.15, 0.2) is 0 Å². The molecule has 0 spiro atoms. The number of Topliss-reactive ketones (excluding diaryl/α,β-unsaturated/α-hetero) is 1. The number of ether oxygens (including phenoxy) is 23. The van der Waals surface area contributed by atoms with Crippen LogP contribution in [-0.2, 0) is 138 Å². The van der Waals surface area contributed by atoms with Gasteiger partial charge in [-0.3, -0.25) is 28.8 Å². The van der Waals surface area contributed by atoms with Gasteiger partial charge in [0.15, 0.2) is 34.7 Å². The molecule has 12 fully saturated rings. The van der Waals surface area contributed by atoms with Gasteiger partial charge < -0.3 is 140 Å². The number of fused-ring (bicyclic) bond motifs is 6. The maximum atomic E-state index is 11.4. The summed E-state index contributed by atoms with van der Waals surface area (Å²) in [7, 11) is 0. The zero-order valence-corrected chi connectivity index (χ0v) is 63.3. The van der Waals surface area contributed by atoms with E-state index in [-0.39, 0.29) is 137 Å². The smallest absolute Gasteiger partial charge is 0.313 e. The summed E-state index contributed by atoms with van der Waals surface area (Å²) in [4.78, 5) is 66.3. The fourth-order valence-electron chi connectivity index (χ4n) is 13.0. The van der Waals surface area contributed by atoms with Crippen LogP contribution in [0, 0.1) is 0 Å². The third kappa shape index (κ3) is 26.4. The number of ketones is 1. The van der Waals surface area contributed by atoms with E-state index in [1.54, 1.807) is 62.3 Å². The molecule has 6 N–H and O–H groups in total. The summed E-state index contributed by atoms with van der Waals surface area (Å²) >= 11 is 0. The Kier molecular flexibility index (Phi) is 35.9. The van der Waals surface area contributed by atoms with Gasteiger partial charge in [0, 0.05) is 0 Å². The minimum atomic E-state index is -1.04. The van der Waals surface area contributed by atoms with Crippen LogP contribution in [0.2, 0.25) is 0 Å². The lowest BCUT2D eigenvalue weighted by Gasteiger charge is -2.41. The highest BCUT2D eigenvalue weighted by atomic mass is 16.8. The van der Waals surface area contributed by atoms with Crippen LogP contribution in [-0.4, -0.2) is 323 Å². The van der Waals surface area contributed by atoms with Gasteiger partial charge in [0.1, 0.15) is 122 Å². The van der Waals surface area contributed by atoms with Crippen LogP contribution in [0.25, 0.3) is 0 Å². The van der Waals surface area contributed by atoms with Gasteiger partial charge >= 0.3 is 29.8 Å². The molecule has 12 saturated heterocycles. The highest BCUT2D eigenvalue weighted by molar-refractivity contribution is 5.94. The van der Waals surface area contributed by atoms with E-state index < -0.39 is 102 Å². The van der Waals surface area contributed by atoms with Crippen LogP contribution in [0.1, 0.15) is 155 Å². The molecule has 12 aliphatic heterocycles. The first-order valence-corrected chi connectivity index (χ1v) is 36.7. The van der Waals surface area contributed by atoms with Crippen LogP contribution in [0.4, 0.5) is 0 Å². The van der Waals surface area contributed by atoms with Gasteiger partial charge in [0.2, 0.25) is 0 Å². The summed E-state index contributed by atoms with van der Waals surface area (Å²) in [5.74, 6) is -7.26. The van der Waals surface area contributed by atoms with Crippen molar-refractivity contribution in [3.63, 3.8) is 0 Å². The summed E-state index contributed by atoms with van der Waals surface area (Å²) in [6.07, 6.45) is -3.78. The summed E-state index contributed by atoms with van der Waals surface area (Å²) in [6, 6.07) is 0. The molecule has 0 aliphatic carbocycles. The SMILES string of the molecule is CCC1(CC)OC[C@@H]2OC[C@@H](O)[C@@H]2O1.CCC1(CC)OC[C@H]2OC[C@H](O)[C@H]2O1.CCOC(=O)CC(C)=O.CCOC(=O)C[C@@]1(C)OC[C@@H]2OC[C@@H](O)[C@@H]2O1.CCOC(=O)C[C@@]1(C)OC[C@H]2OC[C@H](O)[C@H]2O1.CCOC(=O)C[C@]1(C)OC[C@@H]2OC[C@@H](O)[C@@H]2O1.CCOC(=O)C[C@]1(C)OC[C@H]2OC[C@H](O)[C@H]2O1. The van der Waals surface area contributed by atoms with Crippen molar-refractivity contribution < 1.29 is 168 Å². The molecular weight excluding hydrogens is 1400 g/mol. The van der Waals surface area contributed by atoms with E-state index in [1.165, 1.54) is 6.92 Å². The number of carbonyl (C=O) groups excluding carboxylic acids is 6. The number of hydrogen-bond acceptors (Lipinski definition) is 35. The Labute approximate surface area is 613 Å². The van der Waals surface area contributed by atoms with E-state index in [4.69, 9.17) is 104 Å². The predicted octanol–water partition coefficient (Wildman–Crippen LogP) is 1.21. The maximum absolute atomic E-state index is 11.4. The average molecular weight is 1520 g/mol. The van der Waals surface area contributed by atoms with E-state index in [9.17, 15) is 59.4 Å². The van der Waals surface area contributed by atoms with E-state index in [0.717, 1.165) is 25.7 Å². The van der Waals surface area contributed by atoms with Crippen molar-refractivity contribution in [1.82, 2.24) is 0 Å². The third-order valence-electron chi connectivity index (χ3n) is 18.8. The Morgan fingerprint density at radius 2 is 0.486 bits per heavy atom. The quantitative estimate of drug-likeness (QED) is 0.0601. The minimum Gasteiger partial charge on any atom is -0.466 e.